The number of rotatable bonds is 5. The van der Waals surface area contributed by atoms with E-state index in [0.717, 1.165) is 22.8 Å². The summed E-state index contributed by atoms with van der Waals surface area (Å²) in [7, 11) is 0. The molecule has 0 saturated heterocycles. The van der Waals surface area contributed by atoms with E-state index in [4.69, 9.17) is 11.6 Å². The van der Waals surface area contributed by atoms with Gasteiger partial charge in [0.05, 0.1) is 6.04 Å². The maximum absolute atomic E-state index is 12.3. The van der Waals surface area contributed by atoms with E-state index in [2.05, 4.69) is 5.32 Å². The van der Waals surface area contributed by atoms with Crippen molar-refractivity contribution in [3.8, 4) is 5.75 Å². The van der Waals surface area contributed by atoms with Gasteiger partial charge < -0.3 is 10.4 Å². The van der Waals surface area contributed by atoms with Gasteiger partial charge in [0, 0.05) is 17.0 Å². The quantitative estimate of drug-likeness (QED) is 0.662. The molecule has 1 amide bonds. The zero-order chi connectivity index (χ0) is 17.8. The van der Waals surface area contributed by atoms with E-state index < -0.39 is 6.04 Å². The van der Waals surface area contributed by atoms with Crippen LogP contribution in [0.5, 0.6) is 5.75 Å². The molecule has 1 atom stereocenters. The van der Waals surface area contributed by atoms with Crippen LogP contribution >= 0.6 is 11.6 Å². The Bertz CT molecular complexity index is 890. The van der Waals surface area contributed by atoms with Crippen molar-refractivity contribution in [1.29, 1.82) is 0 Å². The highest BCUT2D eigenvalue weighted by atomic mass is 35.5. The lowest BCUT2D eigenvalue weighted by Crippen LogP contribution is -2.29. The summed E-state index contributed by atoms with van der Waals surface area (Å²) >= 11 is 6.01. The Kier molecular flexibility index (Phi) is 5.25. The van der Waals surface area contributed by atoms with E-state index in [-0.39, 0.29) is 11.7 Å². The highest BCUT2D eigenvalue weighted by Gasteiger charge is 2.22. The second kappa shape index (κ2) is 7.58. The minimum Gasteiger partial charge on any atom is -0.508 e. The number of amides is 1. The van der Waals surface area contributed by atoms with E-state index in [0.29, 0.717) is 17.0 Å². The van der Waals surface area contributed by atoms with Gasteiger partial charge in [0.15, 0.2) is 0 Å². The van der Waals surface area contributed by atoms with Gasteiger partial charge in [-0.15, -0.1) is 0 Å². The molecule has 0 fully saturated rings. The Morgan fingerprint density at radius 1 is 1.08 bits per heavy atom. The van der Waals surface area contributed by atoms with Gasteiger partial charge in [0.25, 0.3) is 0 Å². The van der Waals surface area contributed by atoms with Crippen LogP contribution in [0.4, 0.5) is 0 Å². The molecule has 0 unspecified atom stereocenters. The van der Waals surface area contributed by atoms with Crippen molar-refractivity contribution in [2.45, 2.75) is 25.8 Å². The summed E-state index contributed by atoms with van der Waals surface area (Å²) in [6.45, 7) is 1.96. The normalized spacial score (nSPS) is 12.1. The second-order valence-corrected chi connectivity index (χ2v) is 6.46. The molecule has 0 aliphatic carbocycles. The summed E-state index contributed by atoms with van der Waals surface area (Å²) in [4.78, 5) is 12.3. The predicted molar refractivity (Wildman–Crippen MR) is 102 cm³/mol. The minimum absolute atomic E-state index is 0.0465. The SMILES string of the molecule is CCCC(=O)N[C@@H](c1ccc(Cl)cc1)c1c(O)ccc2ccccc12. The number of phenols is 1. The first-order valence-electron chi connectivity index (χ1n) is 8.35. The molecule has 3 rings (SSSR count). The fourth-order valence-electron chi connectivity index (χ4n) is 3.03. The van der Waals surface area contributed by atoms with Crippen molar-refractivity contribution < 1.29 is 9.90 Å². The molecule has 0 radical (unpaired) electrons. The molecule has 0 heterocycles. The molecule has 0 spiro atoms. The fourth-order valence-corrected chi connectivity index (χ4v) is 3.15. The lowest BCUT2D eigenvalue weighted by atomic mass is 9.92. The third-order valence-corrected chi connectivity index (χ3v) is 4.47. The first-order valence-corrected chi connectivity index (χ1v) is 8.73. The molecule has 128 valence electrons. The van der Waals surface area contributed by atoms with Gasteiger partial charge in [0.2, 0.25) is 5.91 Å². The minimum atomic E-state index is -0.442. The third kappa shape index (κ3) is 3.77. The number of halogens is 1. The monoisotopic (exact) mass is 353 g/mol. The largest absolute Gasteiger partial charge is 0.508 e. The molecule has 3 nitrogen and oxygen atoms in total. The zero-order valence-corrected chi connectivity index (χ0v) is 14.8. The van der Waals surface area contributed by atoms with Crippen LogP contribution in [0.25, 0.3) is 10.8 Å². The molecule has 4 heteroatoms. The Balaban J connectivity index is 2.15. The Morgan fingerprint density at radius 3 is 2.52 bits per heavy atom. The van der Waals surface area contributed by atoms with Crippen molar-refractivity contribution in [3.05, 3.63) is 76.8 Å². The van der Waals surface area contributed by atoms with Crippen LogP contribution in [0.3, 0.4) is 0 Å². The van der Waals surface area contributed by atoms with Gasteiger partial charge >= 0.3 is 0 Å². The number of phenolic OH excluding ortho intramolecular Hbond substituents is 1. The number of fused-ring (bicyclic) bond motifs is 1. The number of hydrogen-bond acceptors (Lipinski definition) is 2. The smallest absolute Gasteiger partial charge is 0.220 e. The molecule has 0 aliphatic heterocycles. The summed E-state index contributed by atoms with van der Waals surface area (Å²) in [5.41, 5.74) is 1.57. The molecular weight excluding hydrogens is 334 g/mol. The molecule has 2 N–H and O–H groups in total. The van der Waals surface area contributed by atoms with Crippen molar-refractivity contribution >= 4 is 28.3 Å². The van der Waals surface area contributed by atoms with Crippen LogP contribution < -0.4 is 5.32 Å². The first-order chi connectivity index (χ1) is 12.1. The highest BCUT2D eigenvalue weighted by Crippen LogP contribution is 2.36. The maximum atomic E-state index is 12.3. The highest BCUT2D eigenvalue weighted by molar-refractivity contribution is 6.30. The predicted octanol–water partition coefficient (Wildman–Crippen LogP) is 5.20. The summed E-state index contributed by atoms with van der Waals surface area (Å²) < 4.78 is 0. The second-order valence-electron chi connectivity index (χ2n) is 6.02. The van der Waals surface area contributed by atoms with Crippen molar-refractivity contribution in [2.24, 2.45) is 0 Å². The Hall–Kier alpha value is -2.52. The van der Waals surface area contributed by atoms with Crippen LogP contribution in [-0.2, 0) is 4.79 Å². The molecule has 3 aromatic carbocycles. The number of nitrogens with one attached hydrogen (secondary N) is 1. The van der Waals surface area contributed by atoms with E-state index in [1.54, 1.807) is 18.2 Å². The van der Waals surface area contributed by atoms with Crippen molar-refractivity contribution in [1.82, 2.24) is 5.32 Å². The topological polar surface area (TPSA) is 49.3 Å². The number of carbonyl (C=O) groups excluding carboxylic acids is 1. The van der Waals surface area contributed by atoms with Crippen LogP contribution in [-0.4, -0.2) is 11.0 Å². The van der Waals surface area contributed by atoms with Crippen molar-refractivity contribution in [3.63, 3.8) is 0 Å². The maximum Gasteiger partial charge on any atom is 0.220 e. The standard InChI is InChI=1S/C21H20ClNO2/c1-2-5-19(25)23-21(15-8-11-16(22)12-9-15)20-17-7-4-3-6-14(17)10-13-18(20)24/h3-4,6-13,21,24H,2,5H2,1H3,(H,23,25)/t21-/m0/s1. The van der Waals surface area contributed by atoms with Crippen LogP contribution in [0, 0.1) is 0 Å². The van der Waals surface area contributed by atoms with E-state index in [1.165, 1.54) is 0 Å². The summed E-state index contributed by atoms with van der Waals surface area (Å²) in [5.74, 6) is 0.116. The summed E-state index contributed by atoms with van der Waals surface area (Å²) in [5, 5.41) is 16.2. The van der Waals surface area contributed by atoms with Crippen LogP contribution in [0.15, 0.2) is 60.7 Å². The molecule has 0 aromatic heterocycles. The van der Waals surface area contributed by atoms with Crippen molar-refractivity contribution in [2.75, 3.05) is 0 Å². The number of carbonyl (C=O) groups is 1. The van der Waals surface area contributed by atoms with Gasteiger partial charge in [-0.1, -0.05) is 61.0 Å². The lowest BCUT2D eigenvalue weighted by Gasteiger charge is -2.22. The average molecular weight is 354 g/mol. The summed E-state index contributed by atoms with van der Waals surface area (Å²) in [6, 6.07) is 18.3. The van der Waals surface area contributed by atoms with Gasteiger partial charge in [-0.05, 0) is 41.0 Å². The Labute approximate surface area is 152 Å². The average Bonchev–Trinajstić information content (AvgIpc) is 2.61. The van der Waals surface area contributed by atoms with Crippen LogP contribution in [0.1, 0.15) is 36.9 Å². The molecule has 25 heavy (non-hydrogen) atoms. The van der Waals surface area contributed by atoms with Gasteiger partial charge in [-0.25, -0.2) is 0 Å². The third-order valence-electron chi connectivity index (χ3n) is 4.22. The van der Waals surface area contributed by atoms with Gasteiger partial charge in [-0.2, -0.15) is 0 Å². The number of aromatic hydroxyl groups is 1. The molecular formula is C21H20ClNO2. The molecule has 3 aromatic rings. The van der Waals surface area contributed by atoms with Crippen LogP contribution in [0.2, 0.25) is 5.02 Å². The number of hydrogen-bond donors (Lipinski definition) is 2. The molecule has 0 bridgehead atoms. The van der Waals surface area contributed by atoms with E-state index in [1.807, 2.05) is 49.4 Å². The molecule has 0 aliphatic rings. The summed E-state index contributed by atoms with van der Waals surface area (Å²) in [6.07, 6.45) is 1.20. The van der Waals surface area contributed by atoms with Gasteiger partial charge in [0.1, 0.15) is 5.75 Å². The lowest BCUT2D eigenvalue weighted by molar-refractivity contribution is -0.121. The zero-order valence-electron chi connectivity index (χ0n) is 14.0. The number of benzene rings is 3. The fraction of sp³-hybridized carbons (Fsp3) is 0.190. The molecule has 0 saturated carbocycles. The van der Waals surface area contributed by atoms with Gasteiger partial charge in [-0.3, -0.25) is 4.79 Å². The van der Waals surface area contributed by atoms with E-state index in [9.17, 15) is 9.90 Å². The van der Waals surface area contributed by atoms with E-state index >= 15 is 0 Å². The Morgan fingerprint density at radius 2 is 1.80 bits per heavy atom. The first kappa shape index (κ1) is 17.3.